The number of amides is 1. The van der Waals surface area contributed by atoms with E-state index in [4.69, 9.17) is 0 Å². The number of nitrogens with zero attached hydrogens (tertiary/aromatic N) is 4. The maximum absolute atomic E-state index is 11.9. The lowest BCUT2D eigenvalue weighted by Gasteiger charge is -2.03. The van der Waals surface area contributed by atoms with E-state index in [9.17, 15) is 4.79 Å². The van der Waals surface area contributed by atoms with Crippen molar-refractivity contribution < 1.29 is 4.79 Å². The van der Waals surface area contributed by atoms with Crippen LogP contribution >= 0.6 is 11.5 Å². The predicted molar refractivity (Wildman–Crippen MR) is 64.1 cm³/mol. The molecule has 0 aliphatic carbocycles. The van der Waals surface area contributed by atoms with Gasteiger partial charge in [0, 0.05) is 11.4 Å². The van der Waals surface area contributed by atoms with E-state index in [1.54, 1.807) is 6.92 Å². The average molecular weight is 249 g/mol. The first-order valence-electron chi connectivity index (χ1n) is 4.99. The molecule has 2 rings (SSSR count). The highest BCUT2D eigenvalue weighted by molar-refractivity contribution is 7.08. The van der Waals surface area contributed by atoms with Crippen LogP contribution in [0, 0.1) is 20.8 Å². The van der Waals surface area contributed by atoms with Gasteiger partial charge in [-0.2, -0.15) is 0 Å². The number of nitrogens with one attached hydrogen (secondary N) is 1. The molecule has 2 aromatic rings. The molecule has 0 fully saturated rings. The molecule has 88 valence electrons. The molecule has 2 heterocycles. The maximum Gasteiger partial charge on any atom is 0.271 e. The Bertz CT molecular complexity index is 545. The van der Waals surface area contributed by atoms with Crippen molar-refractivity contribution in [1.29, 1.82) is 0 Å². The largest absolute Gasteiger partial charge is 0.290 e. The summed E-state index contributed by atoms with van der Waals surface area (Å²) in [6.07, 6.45) is 0. The Morgan fingerprint density at radius 3 is 2.41 bits per heavy atom. The SMILES string of the molecule is Cc1cc(C)nc(NC(=O)c2snnc2C)n1. The Hall–Kier alpha value is -1.89. The zero-order valence-electron chi connectivity index (χ0n) is 9.68. The quantitative estimate of drug-likeness (QED) is 0.872. The van der Waals surface area contributed by atoms with Crippen LogP contribution in [0.3, 0.4) is 0 Å². The van der Waals surface area contributed by atoms with E-state index >= 15 is 0 Å². The van der Waals surface area contributed by atoms with Gasteiger partial charge in [-0.05, 0) is 38.4 Å². The smallest absolute Gasteiger partial charge is 0.271 e. The van der Waals surface area contributed by atoms with Gasteiger partial charge in [-0.25, -0.2) is 9.97 Å². The van der Waals surface area contributed by atoms with Gasteiger partial charge < -0.3 is 0 Å². The minimum atomic E-state index is -0.275. The maximum atomic E-state index is 11.9. The normalized spacial score (nSPS) is 10.3. The minimum Gasteiger partial charge on any atom is -0.290 e. The van der Waals surface area contributed by atoms with Crippen molar-refractivity contribution in [2.24, 2.45) is 0 Å². The number of rotatable bonds is 2. The van der Waals surface area contributed by atoms with Gasteiger partial charge in [-0.3, -0.25) is 10.1 Å². The molecular formula is C10H11N5OS. The van der Waals surface area contributed by atoms with Crippen LogP contribution in [0.5, 0.6) is 0 Å². The minimum absolute atomic E-state index is 0.275. The number of anilines is 1. The molecule has 0 saturated heterocycles. The van der Waals surface area contributed by atoms with Crippen molar-refractivity contribution in [1.82, 2.24) is 19.6 Å². The second kappa shape index (κ2) is 4.54. The number of hydrogen-bond donors (Lipinski definition) is 1. The zero-order chi connectivity index (χ0) is 12.4. The molecule has 0 radical (unpaired) electrons. The van der Waals surface area contributed by atoms with E-state index in [0.29, 0.717) is 16.5 Å². The van der Waals surface area contributed by atoms with Crippen LogP contribution in [0.2, 0.25) is 0 Å². The van der Waals surface area contributed by atoms with Crippen LogP contribution in [-0.2, 0) is 0 Å². The first-order valence-corrected chi connectivity index (χ1v) is 5.76. The van der Waals surface area contributed by atoms with Crippen LogP contribution in [0.1, 0.15) is 26.8 Å². The standard InChI is InChI=1S/C10H11N5OS/c1-5-4-6(2)12-10(11-5)13-9(16)8-7(3)14-15-17-8/h4H,1-3H3,(H,11,12,13,16). The van der Waals surface area contributed by atoms with E-state index in [-0.39, 0.29) is 5.91 Å². The van der Waals surface area contributed by atoms with Crippen molar-refractivity contribution in [2.45, 2.75) is 20.8 Å². The van der Waals surface area contributed by atoms with Crippen molar-refractivity contribution in [3.05, 3.63) is 28.0 Å². The summed E-state index contributed by atoms with van der Waals surface area (Å²) in [7, 11) is 0. The van der Waals surface area contributed by atoms with Gasteiger partial charge in [-0.1, -0.05) is 4.49 Å². The average Bonchev–Trinajstić information content (AvgIpc) is 2.62. The molecule has 0 aromatic carbocycles. The molecule has 17 heavy (non-hydrogen) atoms. The van der Waals surface area contributed by atoms with Crippen molar-refractivity contribution in [3.63, 3.8) is 0 Å². The summed E-state index contributed by atoms with van der Waals surface area (Å²) < 4.78 is 3.71. The number of hydrogen-bond acceptors (Lipinski definition) is 6. The van der Waals surface area contributed by atoms with Crippen LogP contribution in [0.15, 0.2) is 6.07 Å². The molecule has 0 aliphatic heterocycles. The monoisotopic (exact) mass is 249 g/mol. The first kappa shape index (κ1) is 11.6. The summed E-state index contributed by atoms with van der Waals surface area (Å²) in [5, 5.41) is 6.42. The first-order chi connectivity index (χ1) is 8.06. The fraction of sp³-hybridized carbons (Fsp3) is 0.300. The lowest BCUT2D eigenvalue weighted by atomic mass is 10.3. The molecule has 0 bridgehead atoms. The number of aryl methyl sites for hydroxylation is 3. The topological polar surface area (TPSA) is 80.7 Å². The van der Waals surface area contributed by atoms with Crippen molar-refractivity contribution in [2.75, 3.05) is 5.32 Å². The summed E-state index contributed by atoms with van der Waals surface area (Å²) in [5.74, 6) is 0.0304. The highest BCUT2D eigenvalue weighted by Gasteiger charge is 2.14. The molecule has 2 aromatic heterocycles. The van der Waals surface area contributed by atoms with Crippen LogP contribution in [0.25, 0.3) is 0 Å². The Labute approximate surface area is 102 Å². The van der Waals surface area contributed by atoms with Gasteiger partial charge in [0.25, 0.3) is 5.91 Å². The van der Waals surface area contributed by atoms with E-state index in [1.165, 1.54) is 0 Å². The Morgan fingerprint density at radius 1 is 1.24 bits per heavy atom. The van der Waals surface area contributed by atoms with Gasteiger partial charge in [0.05, 0.1) is 5.69 Å². The van der Waals surface area contributed by atoms with E-state index < -0.39 is 0 Å². The van der Waals surface area contributed by atoms with Crippen molar-refractivity contribution in [3.8, 4) is 0 Å². The van der Waals surface area contributed by atoms with Crippen LogP contribution in [-0.4, -0.2) is 25.5 Å². The summed E-state index contributed by atoms with van der Waals surface area (Å²) in [5.41, 5.74) is 2.23. The summed E-state index contributed by atoms with van der Waals surface area (Å²) in [4.78, 5) is 20.6. The second-order valence-corrected chi connectivity index (χ2v) is 4.37. The summed E-state index contributed by atoms with van der Waals surface area (Å²) >= 11 is 1.06. The molecule has 1 amide bonds. The third-order valence-corrected chi connectivity index (χ3v) is 2.89. The van der Waals surface area contributed by atoms with Crippen LogP contribution < -0.4 is 5.32 Å². The van der Waals surface area contributed by atoms with E-state index in [1.807, 2.05) is 19.9 Å². The van der Waals surface area contributed by atoms with E-state index in [2.05, 4.69) is 24.9 Å². The molecule has 0 aliphatic rings. The predicted octanol–water partition coefficient (Wildman–Crippen LogP) is 1.51. The van der Waals surface area contributed by atoms with Gasteiger partial charge in [-0.15, -0.1) is 5.10 Å². The third kappa shape index (κ3) is 2.62. The zero-order valence-corrected chi connectivity index (χ0v) is 10.5. The van der Waals surface area contributed by atoms with Crippen LogP contribution in [0.4, 0.5) is 5.95 Å². The number of carbonyl (C=O) groups is 1. The van der Waals surface area contributed by atoms with Gasteiger partial charge in [0.1, 0.15) is 4.88 Å². The molecule has 0 spiro atoms. The molecular weight excluding hydrogens is 238 g/mol. The lowest BCUT2D eigenvalue weighted by Crippen LogP contribution is -2.14. The fourth-order valence-corrected chi connectivity index (χ4v) is 1.93. The molecule has 0 saturated carbocycles. The summed E-state index contributed by atoms with van der Waals surface area (Å²) in [6.45, 7) is 5.44. The third-order valence-electron chi connectivity index (χ3n) is 2.07. The molecule has 7 heteroatoms. The molecule has 1 N–H and O–H groups in total. The second-order valence-electron chi connectivity index (χ2n) is 3.62. The lowest BCUT2D eigenvalue weighted by molar-refractivity contribution is 0.102. The fourth-order valence-electron chi connectivity index (χ4n) is 1.38. The Balaban J connectivity index is 2.21. The number of carbonyl (C=O) groups excluding carboxylic acids is 1. The Morgan fingerprint density at radius 2 is 1.88 bits per heavy atom. The van der Waals surface area contributed by atoms with Gasteiger partial charge in [0.2, 0.25) is 5.95 Å². The number of aromatic nitrogens is 4. The molecule has 0 unspecified atom stereocenters. The highest BCUT2D eigenvalue weighted by atomic mass is 32.1. The van der Waals surface area contributed by atoms with Gasteiger partial charge in [0.15, 0.2) is 0 Å². The van der Waals surface area contributed by atoms with E-state index in [0.717, 1.165) is 22.9 Å². The molecule has 6 nitrogen and oxygen atoms in total. The Kier molecular flexibility index (Phi) is 3.10. The summed E-state index contributed by atoms with van der Waals surface area (Å²) in [6, 6.07) is 1.84. The highest BCUT2D eigenvalue weighted by Crippen LogP contribution is 2.11. The molecule has 0 atom stereocenters. The van der Waals surface area contributed by atoms with Gasteiger partial charge >= 0.3 is 0 Å². The van der Waals surface area contributed by atoms with Crippen molar-refractivity contribution >= 4 is 23.4 Å².